The van der Waals surface area contributed by atoms with E-state index in [1.165, 1.54) is 11.0 Å². The van der Waals surface area contributed by atoms with Crippen LogP contribution >= 0.6 is 0 Å². The lowest BCUT2D eigenvalue weighted by atomic mass is 10.2. The van der Waals surface area contributed by atoms with Crippen molar-refractivity contribution in [2.75, 3.05) is 19.7 Å². The van der Waals surface area contributed by atoms with E-state index in [1.807, 2.05) is 30.3 Å². The molecule has 1 aromatic carbocycles. The molecule has 0 spiro atoms. The number of hydrogen-bond acceptors (Lipinski definition) is 6. The Labute approximate surface area is 182 Å². The summed E-state index contributed by atoms with van der Waals surface area (Å²) in [6, 6.07) is 8.80. The lowest BCUT2D eigenvalue weighted by molar-refractivity contribution is 0.00774. The van der Waals surface area contributed by atoms with Gasteiger partial charge in [-0.25, -0.2) is 24.8 Å². The number of carbonyl (C=O) groups is 3. The Morgan fingerprint density at radius 3 is 2.58 bits per heavy atom. The summed E-state index contributed by atoms with van der Waals surface area (Å²) in [5.41, 5.74) is 2.44. The molecule has 0 bridgehead atoms. The molecule has 1 heterocycles. The topological polar surface area (TPSA) is 97.4 Å². The molecule has 9 heteroatoms. The first-order valence-electron chi connectivity index (χ1n) is 9.88. The van der Waals surface area contributed by atoms with E-state index in [2.05, 4.69) is 12.0 Å². The second-order valence-corrected chi connectivity index (χ2v) is 7.78. The number of carbonyl (C=O) groups excluding carboxylic acids is 3. The third-order valence-electron chi connectivity index (χ3n) is 4.04. The van der Waals surface area contributed by atoms with Gasteiger partial charge in [-0.15, -0.1) is 0 Å². The molecule has 1 aliphatic rings. The molecule has 0 saturated heterocycles. The molecule has 0 radical (unpaired) electrons. The molecule has 9 nitrogen and oxygen atoms in total. The second-order valence-electron chi connectivity index (χ2n) is 7.78. The van der Waals surface area contributed by atoms with Gasteiger partial charge in [-0.2, -0.15) is 0 Å². The third kappa shape index (κ3) is 8.04. The van der Waals surface area contributed by atoms with Crippen LogP contribution in [0.25, 0.3) is 0 Å². The fourth-order valence-electron chi connectivity index (χ4n) is 2.69. The lowest BCUT2D eigenvalue weighted by Gasteiger charge is -2.31. The van der Waals surface area contributed by atoms with Crippen molar-refractivity contribution in [3.05, 3.63) is 60.7 Å². The van der Waals surface area contributed by atoms with Gasteiger partial charge in [0, 0.05) is 6.54 Å². The molecule has 1 aliphatic heterocycles. The average Bonchev–Trinajstić information content (AvgIpc) is 3.17. The number of amides is 3. The predicted octanol–water partition coefficient (Wildman–Crippen LogP) is 3.63. The minimum absolute atomic E-state index is 0.0186. The molecule has 0 aliphatic carbocycles. The number of hydrazine groups is 1. The van der Waals surface area contributed by atoms with Crippen molar-refractivity contribution in [1.82, 2.24) is 15.3 Å². The summed E-state index contributed by atoms with van der Waals surface area (Å²) < 4.78 is 15.6. The minimum atomic E-state index is -0.842. The molecule has 1 aromatic rings. The molecule has 0 fully saturated rings. The largest absolute Gasteiger partial charge is 0.445 e. The molecular formula is C22H29N3O6. The van der Waals surface area contributed by atoms with E-state index in [1.54, 1.807) is 32.9 Å². The van der Waals surface area contributed by atoms with Crippen molar-refractivity contribution in [3.63, 3.8) is 0 Å². The minimum Gasteiger partial charge on any atom is -0.445 e. The molecule has 3 amide bonds. The Kier molecular flexibility index (Phi) is 8.48. The first kappa shape index (κ1) is 23.8. The maximum absolute atomic E-state index is 12.6. The zero-order valence-corrected chi connectivity index (χ0v) is 18.1. The smallest absolute Gasteiger partial charge is 0.429 e. The van der Waals surface area contributed by atoms with Crippen molar-refractivity contribution >= 4 is 18.3 Å². The summed E-state index contributed by atoms with van der Waals surface area (Å²) in [6.07, 6.45) is 2.81. The number of nitrogens with one attached hydrogen (secondary N) is 1. The highest BCUT2D eigenvalue weighted by molar-refractivity contribution is 5.74. The Hall–Kier alpha value is -3.49. The van der Waals surface area contributed by atoms with Gasteiger partial charge in [0.15, 0.2) is 0 Å². The van der Waals surface area contributed by atoms with Crippen LogP contribution in [0.15, 0.2) is 55.1 Å². The van der Waals surface area contributed by atoms with Crippen molar-refractivity contribution in [2.24, 2.45) is 0 Å². The zero-order chi connectivity index (χ0) is 22.9. The molecule has 1 atom stereocenters. The van der Waals surface area contributed by atoms with Crippen LogP contribution in [0.5, 0.6) is 0 Å². The average molecular weight is 431 g/mol. The van der Waals surface area contributed by atoms with Gasteiger partial charge in [0.25, 0.3) is 0 Å². The monoisotopic (exact) mass is 431 g/mol. The van der Waals surface area contributed by atoms with E-state index in [4.69, 9.17) is 14.2 Å². The fourth-order valence-corrected chi connectivity index (χ4v) is 2.69. The highest BCUT2D eigenvalue weighted by Crippen LogP contribution is 2.16. The van der Waals surface area contributed by atoms with E-state index in [9.17, 15) is 14.4 Å². The molecule has 0 saturated carbocycles. The van der Waals surface area contributed by atoms with E-state index in [-0.39, 0.29) is 19.8 Å². The maximum atomic E-state index is 12.6. The van der Waals surface area contributed by atoms with E-state index in [0.29, 0.717) is 6.54 Å². The van der Waals surface area contributed by atoms with Gasteiger partial charge >= 0.3 is 18.3 Å². The molecule has 1 N–H and O–H groups in total. The summed E-state index contributed by atoms with van der Waals surface area (Å²) in [4.78, 5) is 38.6. The molecular weight excluding hydrogens is 402 g/mol. The molecule has 168 valence electrons. The molecule has 0 aromatic heterocycles. The molecule has 31 heavy (non-hydrogen) atoms. The number of benzene rings is 1. The normalized spacial score (nSPS) is 15.2. The number of nitrogens with zero attached hydrogens (tertiary/aromatic N) is 2. The maximum Gasteiger partial charge on any atom is 0.429 e. The van der Waals surface area contributed by atoms with E-state index in [0.717, 1.165) is 10.6 Å². The van der Waals surface area contributed by atoms with Crippen LogP contribution < -0.4 is 5.43 Å². The number of rotatable bonds is 6. The Balaban J connectivity index is 2.03. The van der Waals surface area contributed by atoms with Crippen LogP contribution in [-0.2, 0) is 20.8 Å². The summed E-state index contributed by atoms with van der Waals surface area (Å²) in [6.45, 7) is 8.99. The quantitative estimate of drug-likeness (QED) is 0.420. The summed E-state index contributed by atoms with van der Waals surface area (Å²) in [7, 11) is 0. The molecule has 1 unspecified atom stereocenters. The summed E-state index contributed by atoms with van der Waals surface area (Å²) in [5, 5.41) is 0.981. The predicted molar refractivity (Wildman–Crippen MR) is 114 cm³/mol. The first-order chi connectivity index (χ1) is 14.7. The van der Waals surface area contributed by atoms with Crippen molar-refractivity contribution in [2.45, 2.75) is 39.0 Å². The van der Waals surface area contributed by atoms with Crippen molar-refractivity contribution < 1.29 is 28.6 Å². The van der Waals surface area contributed by atoms with Crippen LogP contribution in [-0.4, -0.2) is 59.5 Å². The van der Waals surface area contributed by atoms with Gasteiger partial charge in [-0.3, -0.25) is 4.90 Å². The number of ether oxygens (including phenoxy) is 3. The summed E-state index contributed by atoms with van der Waals surface area (Å²) >= 11 is 0. The van der Waals surface area contributed by atoms with Crippen molar-refractivity contribution in [3.8, 4) is 0 Å². The highest BCUT2D eigenvalue weighted by atomic mass is 16.6. The van der Waals surface area contributed by atoms with E-state index >= 15 is 0 Å². The third-order valence-corrected chi connectivity index (χ3v) is 4.04. The Bertz CT molecular complexity index is 803. The zero-order valence-electron chi connectivity index (χ0n) is 18.1. The SMILES string of the molecule is C=CCOC(=O)NN(CC1C=CCN1C(=O)OCc1ccccc1)C(=O)OC(C)(C)C. The van der Waals surface area contributed by atoms with Crippen LogP contribution in [0.2, 0.25) is 0 Å². The standard InChI is InChI=1S/C22H29N3O6/c1-5-14-29-19(26)23-25(21(28)31-22(2,3)4)15-18-12-9-13-24(18)20(27)30-16-17-10-7-6-8-11-17/h5-12,18H,1,13-16H2,2-4H3,(H,23,26). The summed E-state index contributed by atoms with van der Waals surface area (Å²) in [5.74, 6) is 0. The molecule has 2 rings (SSSR count). The number of hydrogen-bond donors (Lipinski definition) is 1. The van der Waals surface area contributed by atoms with Gasteiger partial charge in [-0.05, 0) is 26.3 Å². The van der Waals surface area contributed by atoms with Gasteiger partial charge < -0.3 is 14.2 Å². The van der Waals surface area contributed by atoms with E-state index < -0.39 is 29.9 Å². The van der Waals surface area contributed by atoms with Gasteiger partial charge in [-0.1, -0.05) is 55.1 Å². The fraction of sp³-hybridized carbons (Fsp3) is 0.409. The highest BCUT2D eigenvalue weighted by Gasteiger charge is 2.32. The first-order valence-corrected chi connectivity index (χ1v) is 9.88. The Morgan fingerprint density at radius 1 is 1.23 bits per heavy atom. The lowest BCUT2D eigenvalue weighted by Crippen LogP contribution is -2.54. The van der Waals surface area contributed by atoms with Gasteiger partial charge in [0.2, 0.25) is 0 Å². The van der Waals surface area contributed by atoms with Crippen LogP contribution in [0.4, 0.5) is 14.4 Å². The van der Waals surface area contributed by atoms with Crippen LogP contribution in [0.3, 0.4) is 0 Å². The van der Waals surface area contributed by atoms with Crippen LogP contribution in [0.1, 0.15) is 26.3 Å². The van der Waals surface area contributed by atoms with Gasteiger partial charge in [0.05, 0.1) is 12.6 Å². The van der Waals surface area contributed by atoms with Crippen LogP contribution in [0, 0.1) is 0 Å². The van der Waals surface area contributed by atoms with Crippen molar-refractivity contribution in [1.29, 1.82) is 0 Å². The second kappa shape index (κ2) is 11.1. The Morgan fingerprint density at radius 2 is 1.94 bits per heavy atom. The van der Waals surface area contributed by atoms with Gasteiger partial charge in [0.1, 0.15) is 18.8 Å².